The Balaban J connectivity index is 1.94. The lowest BCUT2D eigenvalue weighted by molar-refractivity contribution is -0.115. The van der Waals surface area contributed by atoms with Crippen LogP contribution in [0.4, 0.5) is 11.5 Å². The quantitative estimate of drug-likeness (QED) is 0.153. The Labute approximate surface area is 236 Å². The number of nitrogens with zero attached hydrogens (tertiary/aromatic N) is 3. The molecular weight excluding hydrogens is 486 g/mol. The van der Waals surface area contributed by atoms with Gasteiger partial charge in [-0.25, -0.2) is 4.98 Å². The minimum atomic E-state index is -0.220. The molecule has 3 rings (SSSR count). The fourth-order valence-corrected chi connectivity index (χ4v) is 5.36. The van der Waals surface area contributed by atoms with Crippen molar-refractivity contribution >= 4 is 23.1 Å². The summed E-state index contributed by atoms with van der Waals surface area (Å²) in [6, 6.07) is 4.28. The van der Waals surface area contributed by atoms with Crippen LogP contribution in [0, 0.1) is 0 Å². The van der Waals surface area contributed by atoms with E-state index in [1.54, 1.807) is 0 Å². The summed E-state index contributed by atoms with van der Waals surface area (Å²) in [5.41, 5.74) is 4.01. The molecule has 2 heterocycles. The molecule has 3 N–H and O–H groups in total. The third-order valence-corrected chi connectivity index (χ3v) is 8.15. The number of Topliss-reactive ketones (excluding diaryl/α,β-unsaturated/α-hetero) is 1. The van der Waals surface area contributed by atoms with E-state index in [4.69, 9.17) is 9.98 Å². The van der Waals surface area contributed by atoms with Crippen molar-refractivity contribution in [1.82, 2.24) is 10.3 Å². The van der Waals surface area contributed by atoms with E-state index in [1.807, 2.05) is 13.1 Å². The number of unbranched alkanes of at least 4 members (excludes halogenated alkanes) is 1. The van der Waals surface area contributed by atoms with Crippen LogP contribution in [0.1, 0.15) is 112 Å². The number of carbonyl (C=O) groups excluding carboxylic acids is 1. The molecule has 1 aliphatic heterocycles. The zero-order valence-electron chi connectivity index (χ0n) is 25.0. The van der Waals surface area contributed by atoms with Gasteiger partial charge in [0.05, 0.1) is 24.0 Å². The van der Waals surface area contributed by atoms with Gasteiger partial charge in [-0.1, -0.05) is 32.8 Å². The van der Waals surface area contributed by atoms with Gasteiger partial charge in [-0.05, 0) is 95.8 Å². The number of carbonyl (C=O) groups is 1. The minimum absolute atomic E-state index is 0.138. The number of hydrogen-bond acceptors (Lipinski definition) is 6. The lowest BCUT2D eigenvalue weighted by Gasteiger charge is -2.28. The number of pyridine rings is 1. The SMILES string of the molecule is CCCCC(=O)/C(C)=C(/NC(=NC1CCC(O)CC1)/C(CC)=C(\C)CC)Nc1ccc(N2CCCCC2)nc1. The van der Waals surface area contributed by atoms with Crippen LogP contribution < -0.4 is 15.5 Å². The molecule has 1 aliphatic carbocycles. The number of ketones is 1. The van der Waals surface area contributed by atoms with Crippen molar-refractivity contribution in [3.8, 4) is 0 Å². The number of rotatable bonds is 12. The molecule has 0 amide bonds. The van der Waals surface area contributed by atoms with E-state index >= 15 is 0 Å². The molecule has 216 valence electrons. The lowest BCUT2D eigenvalue weighted by Crippen LogP contribution is -2.33. The van der Waals surface area contributed by atoms with Crippen LogP contribution in [0.3, 0.4) is 0 Å². The highest BCUT2D eigenvalue weighted by molar-refractivity contribution is 6.02. The zero-order valence-corrected chi connectivity index (χ0v) is 25.0. The second kappa shape index (κ2) is 15.8. The Morgan fingerprint density at radius 1 is 1.05 bits per heavy atom. The van der Waals surface area contributed by atoms with E-state index < -0.39 is 0 Å². The molecule has 7 nitrogen and oxygen atoms in total. The topological polar surface area (TPSA) is 89.8 Å². The van der Waals surface area contributed by atoms with E-state index in [2.05, 4.69) is 55.4 Å². The normalized spacial score (nSPS) is 21.7. The van der Waals surface area contributed by atoms with Crippen molar-refractivity contribution in [2.45, 2.75) is 124 Å². The van der Waals surface area contributed by atoms with E-state index in [-0.39, 0.29) is 17.9 Å². The van der Waals surface area contributed by atoms with Gasteiger partial charge in [-0.3, -0.25) is 9.79 Å². The number of anilines is 2. The van der Waals surface area contributed by atoms with Crippen molar-refractivity contribution in [2.24, 2.45) is 4.99 Å². The smallest absolute Gasteiger partial charge is 0.162 e. The molecule has 2 aliphatic rings. The van der Waals surface area contributed by atoms with Gasteiger partial charge in [0.25, 0.3) is 0 Å². The maximum atomic E-state index is 13.2. The van der Waals surface area contributed by atoms with Crippen LogP contribution in [0.5, 0.6) is 0 Å². The van der Waals surface area contributed by atoms with Crippen LogP contribution in [0.25, 0.3) is 0 Å². The van der Waals surface area contributed by atoms with Crippen molar-refractivity contribution < 1.29 is 9.90 Å². The van der Waals surface area contributed by atoms with Gasteiger partial charge >= 0.3 is 0 Å². The first kappa shape index (κ1) is 30.9. The second-order valence-corrected chi connectivity index (χ2v) is 11.1. The Kier molecular flexibility index (Phi) is 12.5. The van der Waals surface area contributed by atoms with E-state index in [9.17, 15) is 9.90 Å². The number of hydrogen-bond donors (Lipinski definition) is 3. The van der Waals surface area contributed by atoms with Gasteiger partial charge in [-0.15, -0.1) is 0 Å². The monoisotopic (exact) mass is 537 g/mol. The summed E-state index contributed by atoms with van der Waals surface area (Å²) in [4.78, 5) is 25.5. The third-order valence-electron chi connectivity index (χ3n) is 8.15. The average molecular weight is 538 g/mol. The number of aliphatic imine (C=N–C) groups is 1. The van der Waals surface area contributed by atoms with Crippen LogP contribution in [-0.4, -0.2) is 46.9 Å². The fraction of sp³-hybridized carbons (Fsp3) is 0.656. The fourth-order valence-electron chi connectivity index (χ4n) is 5.36. The van der Waals surface area contributed by atoms with Crippen LogP contribution in [0.2, 0.25) is 0 Å². The van der Waals surface area contributed by atoms with Crippen LogP contribution >= 0.6 is 0 Å². The van der Waals surface area contributed by atoms with Crippen LogP contribution in [0.15, 0.2) is 45.9 Å². The molecule has 0 radical (unpaired) electrons. The Bertz CT molecular complexity index is 1010. The Hall–Kier alpha value is -2.67. The largest absolute Gasteiger partial charge is 0.393 e. The lowest BCUT2D eigenvalue weighted by atomic mass is 9.93. The molecule has 1 aromatic heterocycles. The van der Waals surface area contributed by atoms with Gasteiger partial charge in [0, 0.05) is 25.1 Å². The highest BCUT2D eigenvalue weighted by Gasteiger charge is 2.22. The summed E-state index contributed by atoms with van der Waals surface area (Å²) in [6.07, 6.45) is 12.8. The highest BCUT2D eigenvalue weighted by atomic mass is 16.3. The number of aliphatic hydroxyl groups excluding tert-OH is 1. The summed E-state index contributed by atoms with van der Waals surface area (Å²) in [5, 5.41) is 17.1. The molecule has 2 fully saturated rings. The molecular formula is C32H51N5O2. The number of allylic oxidation sites excluding steroid dienone is 2. The summed E-state index contributed by atoms with van der Waals surface area (Å²) < 4.78 is 0. The van der Waals surface area contributed by atoms with Crippen molar-refractivity contribution in [2.75, 3.05) is 23.3 Å². The molecule has 7 heteroatoms. The first-order chi connectivity index (χ1) is 18.9. The molecule has 39 heavy (non-hydrogen) atoms. The predicted octanol–water partition coefficient (Wildman–Crippen LogP) is 6.90. The van der Waals surface area contributed by atoms with Crippen molar-refractivity contribution in [1.29, 1.82) is 0 Å². The molecule has 0 unspecified atom stereocenters. The van der Waals surface area contributed by atoms with Crippen LogP contribution in [-0.2, 0) is 4.79 Å². The van der Waals surface area contributed by atoms with Gasteiger partial charge < -0.3 is 20.6 Å². The summed E-state index contributed by atoms with van der Waals surface area (Å²) in [6.45, 7) is 12.6. The summed E-state index contributed by atoms with van der Waals surface area (Å²) >= 11 is 0. The summed E-state index contributed by atoms with van der Waals surface area (Å²) in [5.74, 6) is 2.65. The molecule has 1 saturated heterocycles. The van der Waals surface area contributed by atoms with Crippen molar-refractivity contribution in [3.63, 3.8) is 0 Å². The number of nitrogens with one attached hydrogen (secondary N) is 2. The van der Waals surface area contributed by atoms with E-state index in [1.165, 1.54) is 30.4 Å². The standard InChI is InChI=1S/C32H51N5O2/c1-6-9-13-29(39)24(5)31(35-26-16-19-30(33-22-26)37-20-11-10-12-21-37)36-32(28(8-3)23(4)7-2)34-25-14-17-27(38)18-15-25/h16,19,22,25,27,35,38H,6-15,17-18,20-21H2,1-5H3,(H,34,36)/b28-23+,31-24+. The van der Waals surface area contributed by atoms with E-state index in [0.29, 0.717) is 17.8 Å². The van der Waals surface area contributed by atoms with Gasteiger partial charge in [0.15, 0.2) is 5.78 Å². The first-order valence-electron chi connectivity index (χ1n) is 15.3. The molecule has 0 aromatic carbocycles. The van der Waals surface area contributed by atoms with Gasteiger partial charge in [-0.2, -0.15) is 0 Å². The molecule has 1 aromatic rings. The summed E-state index contributed by atoms with van der Waals surface area (Å²) in [7, 11) is 0. The number of aliphatic hydroxyl groups is 1. The zero-order chi connectivity index (χ0) is 28.2. The molecule has 0 bridgehead atoms. The third kappa shape index (κ3) is 9.20. The maximum absolute atomic E-state index is 13.2. The molecule has 0 atom stereocenters. The Morgan fingerprint density at radius 3 is 2.36 bits per heavy atom. The molecule has 0 spiro atoms. The number of piperidine rings is 1. The Morgan fingerprint density at radius 2 is 1.77 bits per heavy atom. The average Bonchev–Trinajstić information content (AvgIpc) is 2.97. The second-order valence-electron chi connectivity index (χ2n) is 11.1. The predicted molar refractivity (Wildman–Crippen MR) is 163 cm³/mol. The highest BCUT2D eigenvalue weighted by Crippen LogP contribution is 2.24. The minimum Gasteiger partial charge on any atom is -0.393 e. The number of aromatic nitrogens is 1. The van der Waals surface area contributed by atoms with Crippen molar-refractivity contribution in [3.05, 3.63) is 40.9 Å². The first-order valence-corrected chi connectivity index (χ1v) is 15.3. The maximum Gasteiger partial charge on any atom is 0.162 e. The van der Waals surface area contributed by atoms with E-state index in [0.717, 1.165) is 81.8 Å². The van der Waals surface area contributed by atoms with Gasteiger partial charge in [0.1, 0.15) is 17.5 Å². The van der Waals surface area contributed by atoms with Gasteiger partial charge in [0.2, 0.25) is 0 Å². The number of amidine groups is 1. The molecule has 1 saturated carbocycles.